The fourth-order valence-corrected chi connectivity index (χ4v) is 1.79. The van der Waals surface area contributed by atoms with Crippen LogP contribution in [0.3, 0.4) is 0 Å². The van der Waals surface area contributed by atoms with Crippen LogP contribution in [0.25, 0.3) is 0 Å². The molecule has 3 atom stereocenters. The molecule has 0 aromatic rings. The maximum absolute atomic E-state index is 9.85. The number of hydrogen-bond donors (Lipinski definition) is 1. The molecule has 0 aromatic carbocycles. The molecule has 1 saturated heterocycles. The summed E-state index contributed by atoms with van der Waals surface area (Å²) in [4.78, 5) is 0. The molecule has 1 N–H and O–H groups in total. The quantitative estimate of drug-likeness (QED) is 0.705. The van der Waals surface area contributed by atoms with E-state index in [-0.39, 0.29) is 6.29 Å². The van der Waals surface area contributed by atoms with Crippen molar-refractivity contribution in [3.05, 3.63) is 0 Å². The lowest BCUT2D eigenvalue weighted by molar-refractivity contribution is -0.193. The Morgan fingerprint density at radius 2 is 2.38 bits per heavy atom. The van der Waals surface area contributed by atoms with Gasteiger partial charge >= 0.3 is 0 Å². The van der Waals surface area contributed by atoms with Crippen LogP contribution < -0.4 is 0 Å². The van der Waals surface area contributed by atoms with Crippen LogP contribution in [-0.2, 0) is 9.47 Å². The molecular weight excluding hydrogens is 204 g/mol. The molecule has 16 heavy (non-hydrogen) atoms. The van der Waals surface area contributed by atoms with Gasteiger partial charge < -0.3 is 14.6 Å². The van der Waals surface area contributed by atoms with Gasteiger partial charge in [-0.05, 0) is 25.7 Å². The zero-order valence-electron chi connectivity index (χ0n) is 10.0. The van der Waals surface area contributed by atoms with E-state index in [1.165, 1.54) is 0 Å². The average molecular weight is 226 g/mol. The molecule has 92 valence electrons. The molecule has 1 aliphatic rings. The molecule has 3 heteroatoms. The van der Waals surface area contributed by atoms with E-state index in [9.17, 15) is 5.11 Å². The molecule has 0 bridgehead atoms. The molecule has 0 radical (unpaired) electrons. The van der Waals surface area contributed by atoms with Crippen LogP contribution in [0.5, 0.6) is 0 Å². The van der Waals surface area contributed by atoms with Gasteiger partial charge in [0.25, 0.3) is 0 Å². The largest absolute Gasteiger partial charge is 0.389 e. The third-order valence-electron chi connectivity index (χ3n) is 2.80. The summed E-state index contributed by atoms with van der Waals surface area (Å²) >= 11 is 0. The minimum absolute atomic E-state index is 0.230. The third kappa shape index (κ3) is 4.52. The van der Waals surface area contributed by atoms with Gasteiger partial charge in [-0.25, -0.2) is 0 Å². The Hall–Kier alpha value is -0.560. The molecular formula is C13H22O3. The number of aliphatic hydroxyl groups excluding tert-OH is 1. The molecule has 1 rings (SSSR count). The van der Waals surface area contributed by atoms with Gasteiger partial charge in [0.1, 0.15) is 6.10 Å². The Labute approximate surface area is 98.1 Å². The summed E-state index contributed by atoms with van der Waals surface area (Å²) in [5.74, 6) is 2.51. The third-order valence-corrected chi connectivity index (χ3v) is 2.80. The van der Waals surface area contributed by atoms with E-state index < -0.39 is 12.2 Å². The summed E-state index contributed by atoms with van der Waals surface area (Å²) in [6.45, 7) is 2.82. The highest BCUT2D eigenvalue weighted by atomic mass is 16.7. The van der Waals surface area contributed by atoms with E-state index in [4.69, 9.17) is 15.9 Å². The van der Waals surface area contributed by atoms with Gasteiger partial charge in [0, 0.05) is 6.61 Å². The summed E-state index contributed by atoms with van der Waals surface area (Å²) in [7, 11) is 0. The van der Waals surface area contributed by atoms with Crippen LogP contribution in [-0.4, -0.2) is 30.2 Å². The highest BCUT2D eigenvalue weighted by Crippen LogP contribution is 2.17. The normalized spacial score (nSPS) is 24.7. The summed E-state index contributed by atoms with van der Waals surface area (Å²) in [5.41, 5.74) is 0. The summed E-state index contributed by atoms with van der Waals surface area (Å²) < 4.78 is 11.0. The number of terminal acetylenes is 1. The van der Waals surface area contributed by atoms with Gasteiger partial charge in [0.15, 0.2) is 6.29 Å². The fourth-order valence-electron chi connectivity index (χ4n) is 1.79. The lowest BCUT2D eigenvalue weighted by atomic mass is 10.1. The Bertz CT molecular complexity index is 216. The van der Waals surface area contributed by atoms with Crippen molar-refractivity contribution in [2.24, 2.45) is 0 Å². The molecule has 1 fully saturated rings. The Morgan fingerprint density at radius 1 is 1.56 bits per heavy atom. The Kier molecular flexibility index (Phi) is 6.47. The molecule has 3 unspecified atom stereocenters. The van der Waals surface area contributed by atoms with Crippen LogP contribution in [0.2, 0.25) is 0 Å². The van der Waals surface area contributed by atoms with Gasteiger partial charge in [-0.2, -0.15) is 0 Å². The van der Waals surface area contributed by atoms with Crippen molar-refractivity contribution in [3.63, 3.8) is 0 Å². The first-order valence-electron chi connectivity index (χ1n) is 6.19. The zero-order chi connectivity index (χ0) is 11.8. The van der Waals surface area contributed by atoms with E-state index in [1.54, 1.807) is 0 Å². The van der Waals surface area contributed by atoms with E-state index in [2.05, 4.69) is 12.8 Å². The van der Waals surface area contributed by atoms with Crippen LogP contribution in [0.15, 0.2) is 0 Å². The van der Waals surface area contributed by atoms with E-state index in [1.807, 2.05) is 0 Å². The van der Waals surface area contributed by atoms with Crippen molar-refractivity contribution >= 4 is 0 Å². The first-order valence-corrected chi connectivity index (χ1v) is 6.19. The molecule has 3 nitrogen and oxygen atoms in total. The SMILES string of the molecule is C#CC(OC1CCCCO1)C(O)CCCC. The van der Waals surface area contributed by atoms with Crippen LogP contribution in [0.1, 0.15) is 45.4 Å². The second-order valence-corrected chi connectivity index (χ2v) is 4.23. The van der Waals surface area contributed by atoms with Crippen LogP contribution >= 0.6 is 0 Å². The maximum Gasteiger partial charge on any atom is 0.159 e. The van der Waals surface area contributed by atoms with E-state index in [0.717, 1.165) is 38.7 Å². The van der Waals surface area contributed by atoms with Gasteiger partial charge in [-0.1, -0.05) is 25.7 Å². The fraction of sp³-hybridized carbons (Fsp3) is 0.846. The maximum atomic E-state index is 9.85. The second-order valence-electron chi connectivity index (χ2n) is 4.23. The number of unbranched alkanes of at least 4 members (excludes halogenated alkanes) is 1. The van der Waals surface area contributed by atoms with Crippen molar-refractivity contribution in [1.82, 2.24) is 0 Å². The average Bonchev–Trinajstić information content (AvgIpc) is 2.34. The molecule has 0 saturated carbocycles. The minimum Gasteiger partial charge on any atom is -0.389 e. The Balaban J connectivity index is 2.32. The van der Waals surface area contributed by atoms with Crippen molar-refractivity contribution in [1.29, 1.82) is 0 Å². The minimum atomic E-state index is -0.574. The molecule has 0 aliphatic carbocycles. The van der Waals surface area contributed by atoms with Gasteiger partial charge in [0.05, 0.1) is 6.10 Å². The first-order chi connectivity index (χ1) is 7.77. The van der Waals surface area contributed by atoms with Gasteiger partial charge in [-0.3, -0.25) is 0 Å². The van der Waals surface area contributed by atoms with Crippen molar-refractivity contribution in [3.8, 4) is 12.3 Å². The predicted octanol–water partition coefficient (Wildman–Crippen LogP) is 2.08. The van der Waals surface area contributed by atoms with Crippen molar-refractivity contribution in [2.45, 2.75) is 63.9 Å². The smallest absolute Gasteiger partial charge is 0.159 e. The van der Waals surface area contributed by atoms with Gasteiger partial charge in [-0.15, -0.1) is 6.42 Å². The monoisotopic (exact) mass is 226 g/mol. The Morgan fingerprint density at radius 3 is 2.94 bits per heavy atom. The highest BCUT2D eigenvalue weighted by Gasteiger charge is 2.23. The lowest BCUT2D eigenvalue weighted by Crippen LogP contribution is -2.34. The van der Waals surface area contributed by atoms with Crippen LogP contribution in [0.4, 0.5) is 0 Å². The number of rotatable bonds is 6. The molecule has 1 heterocycles. The first kappa shape index (κ1) is 13.5. The second kappa shape index (κ2) is 7.67. The van der Waals surface area contributed by atoms with E-state index in [0.29, 0.717) is 6.42 Å². The number of ether oxygens (including phenoxy) is 2. The van der Waals surface area contributed by atoms with Crippen LogP contribution in [0, 0.1) is 12.3 Å². The highest BCUT2D eigenvalue weighted by molar-refractivity contribution is 4.98. The number of aliphatic hydroxyl groups is 1. The lowest BCUT2D eigenvalue weighted by Gasteiger charge is -2.27. The van der Waals surface area contributed by atoms with E-state index >= 15 is 0 Å². The summed E-state index contributed by atoms with van der Waals surface area (Å²) in [6.07, 6.45) is 9.80. The zero-order valence-corrected chi connectivity index (χ0v) is 10.0. The van der Waals surface area contributed by atoms with Crippen molar-refractivity contribution in [2.75, 3.05) is 6.61 Å². The number of hydrogen-bond acceptors (Lipinski definition) is 3. The predicted molar refractivity (Wildman–Crippen MR) is 62.8 cm³/mol. The molecule has 0 aromatic heterocycles. The molecule has 0 spiro atoms. The van der Waals surface area contributed by atoms with Gasteiger partial charge in [0.2, 0.25) is 0 Å². The summed E-state index contributed by atoms with van der Waals surface area (Å²) in [6, 6.07) is 0. The molecule has 0 amide bonds. The topological polar surface area (TPSA) is 38.7 Å². The summed E-state index contributed by atoms with van der Waals surface area (Å²) in [5, 5.41) is 9.85. The standard InChI is InChI=1S/C13H22O3/c1-3-5-8-11(14)12(4-2)16-13-9-6-7-10-15-13/h2,11-14H,3,5-10H2,1H3. The molecule has 1 aliphatic heterocycles. The van der Waals surface area contributed by atoms with Crippen molar-refractivity contribution < 1.29 is 14.6 Å².